The standard InChI is InChI=1S/C13H27N/c1-5-7-11(8-6-2)12(3,4)13(14)9-10-13/h11H,5-10,14H2,1-4H3. The highest BCUT2D eigenvalue weighted by Crippen LogP contribution is 2.53. The van der Waals surface area contributed by atoms with E-state index in [1.807, 2.05) is 0 Å². The molecule has 1 saturated carbocycles. The lowest BCUT2D eigenvalue weighted by Gasteiger charge is -2.40. The van der Waals surface area contributed by atoms with E-state index in [0.717, 1.165) is 5.92 Å². The summed E-state index contributed by atoms with van der Waals surface area (Å²) in [6.45, 7) is 9.34. The van der Waals surface area contributed by atoms with Gasteiger partial charge in [0, 0.05) is 5.54 Å². The first-order chi connectivity index (χ1) is 6.48. The lowest BCUT2D eigenvalue weighted by atomic mass is 9.68. The Bertz CT molecular complexity index is 174. The largest absolute Gasteiger partial charge is 0.325 e. The summed E-state index contributed by atoms with van der Waals surface area (Å²) in [5.74, 6) is 0.824. The fourth-order valence-corrected chi connectivity index (χ4v) is 2.75. The first kappa shape index (κ1) is 12.0. The van der Waals surface area contributed by atoms with Crippen molar-refractivity contribution < 1.29 is 0 Å². The van der Waals surface area contributed by atoms with Gasteiger partial charge in [0.15, 0.2) is 0 Å². The first-order valence-electron chi connectivity index (χ1n) is 6.27. The van der Waals surface area contributed by atoms with Crippen molar-refractivity contribution in [3.05, 3.63) is 0 Å². The predicted molar refractivity (Wildman–Crippen MR) is 63.2 cm³/mol. The van der Waals surface area contributed by atoms with E-state index in [0.29, 0.717) is 5.41 Å². The third-order valence-corrected chi connectivity index (χ3v) is 4.37. The molecule has 0 amide bonds. The molecule has 84 valence electrons. The maximum atomic E-state index is 6.39. The molecule has 0 heterocycles. The van der Waals surface area contributed by atoms with Crippen molar-refractivity contribution in [1.29, 1.82) is 0 Å². The molecule has 14 heavy (non-hydrogen) atoms. The minimum atomic E-state index is 0.169. The van der Waals surface area contributed by atoms with Crippen LogP contribution in [0.25, 0.3) is 0 Å². The minimum Gasteiger partial charge on any atom is -0.325 e. The van der Waals surface area contributed by atoms with Crippen LogP contribution in [0.2, 0.25) is 0 Å². The van der Waals surface area contributed by atoms with E-state index in [9.17, 15) is 0 Å². The molecule has 0 saturated heterocycles. The van der Waals surface area contributed by atoms with Gasteiger partial charge in [-0.15, -0.1) is 0 Å². The van der Waals surface area contributed by atoms with Crippen LogP contribution in [0.5, 0.6) is 0 Å². The zero-order valence-electron chi connectivity index (χ0n) is 10.4. The smallest absolute Gasteiger partial charge is 0.0210 e. The highest BCUT2D eigenvalue weighted by atomic mass is 14.9. The quantitative estimate of drug-likeness (QED) is 0.690. The van der Waals surface area contributed by atoms with Crippen molar-refractivity contribution in [2.75, 3.05) is 0 Å². The van der Waals surface area contributed by atoms with E-state index in [-0.39, 0.29) is 5.54 Å². The summed E-state index contributed by atoms with van der Waals surface area (Å²) in [5, 5.41) is 0. The van der Waals surface area contributed by atoms with Gasteiger partial charge >= 0.3 is 0 Å². The van der Waals surface area contributed by atoms with Crippen LogP contribution in [0.1, 0.15) is 66.2 Å². The Balaban J connectivity index is 2.64. The summed E-state index contributed by atoms with van der Waals surface area (Å²) in [6.07, 6.45) is 7.77. The molecule has 1 aliphatic carbocycles. The Morgan fingerprint density at radius 2 is 1.57 bits per heavy atom. The summed E-state index contributed by atoms with van der Waals surface area (Å²) >= 11 is 0. The predicted octanol–water partition coefficient (Wildman–Crippen LogP) is 3.72. The highest BCUT2D eigenvalue weighted by Gasteiger charge is 2.53. The summed E-state index contributed by atoms with van der Waals surface area (Å²) in [7, 11) is 0. The molecule has 0 aromatic rings. The van der Waals surface area contributed by atoms with Crippen molar-refractivity contribution in [2.45, 2.75) is 71.8 Å². The maximum Gasteiger partial charge on any atom is 0.0210 e. The molecular weight excluding hydrogens is 170 g/mol. The molecule has 0 atom stereocenters. The van der Waals surface area contributed by atoms with Crippen molar-refractivity contribution in [3.8, 4) is 0 Å². The third kappa shape index (κ3) is 2.13. The third-order valence-electron chi connectivity index (χ3n) is 4.37. The Hall–Kier alpha value is -0.0400. The summed E-state index contributed by atoms with van der Waals surface area (Å²) in [6, 6.07) is 0. The molecular formula is C13H27N. The normalized spacial score (nSPS) is 20.1. The van der Waals surface area contributed by atoms with Crippen LogP contribution in [0.4, 0.5) is 0 Å². The molecule has 0 aromatic carbocycles. The van der Waals surface area contributed by atoms with Gasteiger partial charge in [-0.3, -0.25) is 0 Å². The van der Waals surface area contributed by atoms with Crippen LogP contribution in [0, 0.1) is 11.3 Å². The summed E-state index contributed by atoms with van der Waals surface area (Å²) < 4.78 is 0. The molecule has 1 nitrogen and oxygen atoms in total. The second kappa shape index (κ2) is 4.22. The van der Waals surface area contributed by atoms with Crippen molar-refractivity contribution in [3.63, 3.8) is 0 Å². The number of rotatable bonds is 6. The molecule has 2 N–H and O–H groups in total. The van der Waals surface area contributed by atoms with Gasteiger partial charge in [0.25, 0.3) is 0 Å². The second-order valence-electron chi connectivity index (χ2n) is 5.65. The zero-order chi connectivity index (χ0) is 10.8. The van der Waals surface area contributed by atoms with Gasteiger partial charge in [-0.2, -0.15) is 0 Å². The first-order valence-corrected chi connectivity index (χ1v) is 6.27. The van der Waals surface area contributed by atoms with E-state index in [1.165, 1.54) is 38.5 Å². The lowest BCUT2D eigenvalue weighted by molar-refractivity contribution is 0.130. The molecule has 0 aliphatic heterocycles. The maximum absolute atomic E-state index is 6.39. The van der Waals surface area contributed by atoms with Crippen LogP contribution in [-0.4, -0.2) is 5.54 Å². The fourth-order valence-electron chi connectivity index (χ4n) is 2.75. The van der Waals surface area contributed by atoms with Crippen LogP contribution < -0.4 is 5.73 Å². The van der Waals surface area contributed by atoms with Crippen LogP contribution in [0.3, 0.4) is 0 Å². The summed E-state index contributed by atoms with van der Waals surface area (Å²) in [5.41, 5.74) is 6.90. The number of hydrogen-bond acceptors (Lipinski definition) is 1. The lowest BCUT2D eigenvalue weighted by Crippen LogP contribution is -2.45. The van der Waals surface area contributed by atoms with E-state index >= 15 is 0 Å². The molecule has 1 fully saturated rings. The van der Waals surface area contributed by atoms with Crippen LogP contribution >= 0.6 is 0 Å². The molecule has 0 bridgehead atoms. The van der Waals surface area contributed by atoms with Crippen LogP contribution in [-0.2, 0) is 0 Å². The molecule has 1 rings (SSSR count). The van der Waals surface area contributed by atoms with Crippen molar-refractivity contribution in [2.24, 2.45) is 17.1 Å². The number of hydrogen-bond donors (Lipinski definition) is 1. The van der Waals surface area contributed by atoms with Gasteiger partial charge < -0.3 is 5.73 Å². The zero-order valence-corrected chi connectivity index (χ0v) is 10.4. The van der Waals surface area contributed by atoms with Crippen LogP contribution in [0.15, 0.2) is 0 Å². The van der Waals surface area contributed by atoms with E-state index in [1.54, 1.807) is 0 Å². The van der Waals surface area contributed by atoms with E-state index < -0.39 is 0 Å². The molecule has 1 heteroatoms. The summed E-state index contributed by atoms with van der Waals surface area (Å²) in [4.78, 5) is 0. The molecule has 1 aliphatic rings. The van der Waals surface area contributed by atoms with Crippen molar-refractivity contribution in [1.82, 2.24) is 0 Å². The van der Waals surface area contributed by atoms with Gasteiger partial charge in [0.2, 0.25) is 0 Å². The average Bonchev–Trinajstić information content (AvgIpc) is 2.85. The average molecular weight is 197 g/mol. The van der Waals surface area contributed by atoms with Gasteiger partial charge in [0.1, 0.15) is 0 Å². The van der Waals surface area contributed by atoms with E-state index in [2.05, 4.69) is 27.7 Å². The Morgan fingerprint density at radius 1 is 1.14 bits per heavy atom. The Kier molecular flexibility index (Phi) is 3.63. The fraction of sp³-hybridized carbons (Fsp3) is 1.00. The Labute approximate surface area is 89.5 Å². The minimum absolute atomic E-state index is 0.169. The number of nitrogens with two attached hydrogens (primary N) is 1. The van der Waals surface area contributed by atoms with Gasteiger partial charge in [-0.1, -0.05) is 53.4 Å². The molecule has 0 unspecified atom stereocenters. The molecule has 0 aromatic heterocycles. The topological polar surface area (TPSA) is 26.0 Å². The van der Waals surface area contributed by atoms with Crippen molar-refractivity contribution >= 4 is 0 Å². The van der Waals surface area contributed by atoms with Gasteiger partial charge in [-0.25, -0.2) is 0 Å². The monoisotopic (exact) mass is 197 g/mol. The Morgan fingerprint density at radius 3 is 1.86 bits per heavy atom. The van der Waals surface area contributed by atoms with E-state index in [4.69, 9.17) is 5.73 Å². The van der Waals surface area contributed by atoms with Gasteiger partial charge in [-0.05, 0) is 24.2 Å². The second-order valence-corrected chi connectivity index (χ2v) is 5.65. The molecule has 0 spiro atoms. The van der Waals surface area contributed by atoms with Gasteiger partial charge in [0.05, 0.1) is 0 Å². The highest BCUT2D eigenvalue weighted by molar-refractivity contribution is 5.10. The SMILES string of the molecule is CCCC(CCC)C(C)(C)C1(N)CC1. The molecule has 0 radical (unpaired) electrons.